The Morgan fingerprint density at radius 2 is 2.05 bits per heavy atom. The normalized spacial score (nSPS) is 11.2. The lowest BCUT2D eigenvalue weighted by Gasteiger charge is -2.07. The highest BCUT2D eigenvalue weighted by Gasteiger charge is 2.13. The van der Waals surface area contributed by atoms with Crippen LogP contribution in [0.1, 0.15) is 5.56 Å². The van der Waals surface area contributed by atoms with Crippen LogP contribution in [0.25, 0.3) is 0 Å². The number of hydrogen-bond acceptors (Lipinski definition) is 5. The number of anilines is 2. The maximum atomic E-state index is 11.9. The van der Waals surface area contributed by atoms with Gasteiger partial charge in [-0.1, -0.05) is 23.7 Å². The molecular weight excluding hydrogens is 288 g/mol. The minimum atomic E-state index is -3.58. The molecule has 0 aliphatic carbocycles. The summed E-state index contributed by atoms with van der Waals surface area (Å²) < 4.78 is 26.2. The van der Waals surface area contributed by atoms with Gasteiger partial charge in [0.1, 0.15) is 17.3 Å². The summed E-state index contributed by atoms with van der Waals surface area (Å²) in [7, 11) is -3.58. The van der Waals surface area contributed by atoms with Crippen LogP contribution in [0, 0.1) is 0 Å². The molecule has 0 bridgehead atoms. The average molecular weight is 299 g/mol. The summed E-state index contributed by atoms with van der Waals surface area (Å²) in [6.45, 7) is 0. The molecule has 2 rings (SSSR count). The van der Waals surface area contributed by atoms with Gasteiger partial charge in [-0.25, -0.2) is 18.4 Å². The summed E-state index contributed by atoms with van der Waals surface area (Å²) in [5.74, 6) is -0.0662. The SMILES string of the molecule is Nc1cccc(CS(=O)(=O)Nc2cc(Cl)ncn2)c1. The zero-order valence-electron chi connectivity index (χ0n) is 9.75. The van der Waals surface area contributed by atoms with Gasteiger partial charge in [-0.2, -0.15) is 0 Å². The van der Waals surface area contributed by atoms with Crippen LogP contribution in [0.3, 0.4) is 0 Å². The Morgan fingerprint density at radius 3 is 2.74 bits per heavy atom. The Kier molecular flexibility index (Phi) is 3.87. The fourth-order valence-corrected chi connectivity index (χ4v) is 2.75. The summed E-state index contributed by atoms with van der Waals surface area (Å²) >= 11 is 5.65. The van der Waals surface area contributed by atoms with Gasteiger partial charge < -0.3 is 5.73 Å². The quantitative estimate of drug-likeness (QED) is 0.660. The molecular formula is C11H11ClN4O2S. The topological polar surface area (TPSA) is 98.0 Å². The number of nitrogens with one attached hydrogen (secondary N) is 1. The van der Waals surface area contributed by atoms with Gasteiger partial charge in [0.05, 0.1) is 5.75 Å². The fraction of sp³-hybridized carbons (Fsp3) is 0.0909. The third kappa shape index (κ3) is 4.08. The van der Waals surface area contributed by atoms with Crippen LogP contribution < -0.4 is 10.5 Å². The monoisotopic (exact) mass is 298 g/mol. The molecule has 0 amide bonds. The zero-order valence-corrected chi connectivity index (χ0v) is 11.3. The van der Waals surface area contributed by atoms with Crippen molar-refractivity contribution in [2.75, 3.05) is 10.5 Å². The zero-order chi connectivity index (χ0) is 13.9. The third-order valence-electron chi connectivity index (χ3n) is 2.20. The molecule has 0 spiro atoms. The number of halogens is 1. The van der Waals surface area contributed by atoms with Crippen molar-refractivity contribution >= 4 is 33.1 Å². The molecule has 100 valence electrons. The van der Waals surface area contributed by atoms with Crippen molar-refractivity contribution in [2.24, 2.45) is 0 Å². The van der Waals surface area contributed by atoms with E-state index in [1.54, 1.807) is 24.3 Å². The maximum absolute atomic E-state index is 11.9. The number of sulfonamides is 1. The Bertz CT molecular complexity index is 637. The molecule has 0 saturated heterocycles. The van der Waals surface area contributed by atoms with Crippen molar-refractivity contribution in [3.63, 3.8) is 0 Å². The lowest BCUT2D eigenvalue weighted by Crippen LogP contribution is -2.16. The van der Waals surface area contributed by atoms with E-state index in [1.807, 2.05) is 0 Å². The van der Waals surface area contributed by atoms with Crippen molar-refractivity contribution in [3.05, 3.63) is 47.4 Å². The van der Waals surface area contributed by atoms with Crippen molar-refractivity contribution in [2.45, 2.75) is 5.75 Å². The van der Waals surface area contributed by atoms with Crippen LogP contribution in [0.4, 0.5) is 11.5 Å². The molecule has 2 aromatic rings. The van der Waals surface area contributed by atoms with Crippen LogP contribution in [-0.4, -0.2) is 18.4 Å². The lowest BCUT2D eigenvalue weighted by atomic mass is 10.2. The first-order valence-corrected chi connectivity index (χ1v) is 7.30. The van der Waals surface area contributed by atoms with E-state index in [1.165, 1.54) is 12.4 Å². The van der Waals surface area contributed by atoms with Crippen LogP contribution in [0.2, 0.25) is 5.15 Å². The van der Waals surface area contributed by atoms with E-state index < -0.39 is 10.0 Å². The van der Waals surface area contributed by atoms with Crippen LogP contribution in [-0.2, 0) is 15.8 Å². The molecule has 0 unspecified atom stereocenters. The number of rotatable bonds is 4. The first-order valence-electron chi connectivity index (χ1n) is 5.27. The molecule has 0 radical (unpaired) electrons. The molecule has 0 aliphatic rings. The summed E-state index contributed by atoms with van der Waals surface area (Å²) in [5.41, 5.74) is 6.70. The number of nitrogens with zero attached hydrogens (tertiary/aromatic N) is 2. The van der Waals surface area contributed by atoms with Crippen LogP contribution in [0.15, 0.2) is 36.7 Å². The summed E-state index contributed by atoms with van der Waals surface area (Å²) in [6.07, 6.45) is 1.18. The largest absolute Gasteiger partial charge is 0.399 e. The van der Waals surface area contributed by atoms with Crippen LogP contribution >= 0.6 is 11.6 Å². The molecule has 0 atom stereocenters. The predicted molar refractivity (Wildman–Crippen MR) is 74.1 cm³/mol. The van der Waals surface area contributed by atoms with Gasteiger partial charge >= 0.3 is 0 Å². The second-order valence-corrected chi connectivity index (χ2v) is 5.94. The Hall–Kier alpha value is -1.86. The van der Waals surface area contributed by atoms with Gasteiger partial charge in [0.25, 0.3) is 0 Å². The molecule has 19 heavy (non-hydrogen) atoms. The highest BCUT2D eigenvalue weighted by molar-refractivity contribution is 7.91. The smallest absolute Gasteiger partial charge is 0.238 e. The molecule has 1 heterocycles. The van der Waals surface area contributed by atoms with Gasteiger partial charge in [0.2, 0.25) is 10.0 Å². The number of nitrogens with two attached hydrogens (primary N) is 1. The Morgan fingerprint density at radius 1 is 1.26 bits per heavy atom. The van der Waals surface area contributed by atoms with E-state index in [2.05, 4.69) is 14.7 Å². The molecule has 6 nitrogen and oxygen atoms in total. The van der Waals surface area contributed by atoms with E-state index in [0.29, 0.717) is 11.3 Å². The van der Waals surface area contributed by atoms with Gasteiger partial charge in [0, 0.05) is 11.8 Å². The van der Waals surface area contributed by atoms with Gasteiger partial charge in [0.15, 0.2) is 0 Å². The van der Waals surface area contributed by atoms with Gasteiger partial charge in [-0.15, -0.1) is 0 Å². The minimum Gasteiger partial charge on any atom is -0.399 e. The third-order valence-corrected chi connectivity index (χ3v) is 3.64. The van der Waals surface area contributed by atoms with E-state index in [0.717, 1.165) is 0 Å². The number of benzene rings is 1. The molecule has 0 fully saturated rings. The number of hydrogen-bond donors (Lipinski definition) is 2. The summed E-state index contributed by atoms with van der Waals surface area (Å²) in [4.78, 5) is 7.44. The standard InChI is InChI=1S/C11H11ClN4O2S/c12-10-5-11(15-7-14-10)16-19(17,18)6-8-2-1-3-9(13)4-8/h1-5,7H,6,13H2,(H,14,15,16). The second-order valence-electron chi connectivity index (χ2n) is 3.83. The Labute approximate surface area is 115 Å². The van der Waals surface area contributed by atoms with Gasteiger partial charge in [-0.3, -0.25) is 4.72 Å². The highest BCUT2D eigenvalue weighted by Crippen LogP contribution is 2.14. The highest BCUT2D eigenvalue weighted by atomic mass is 35.5. The first kappa shape index (κ1) is 13.6. The molecule has 1 aromatic carbocycles. The van der Waals surface area contributed by atoms with Crippen molar-refractivity contribution in [3.8, 4) is 0 Å². The molecule has 0 saturated carbocycles. The fourth-order valence-electron chi connectivity index (χ4n) is 1.49. The van der Waals surface area contributed by atoms with Gasteiger partial charge in [-0.05, 0) is 17.7 Å². The van der Waals surface area contributed by atoms with E-state index in [4.69, 9.17) is 17.3 Å². The van der Waals surface area contributed by atoms with E-state index in [9.17, 15) is 8.42 Å². The van der Waals surface area contributed by atoms with Crippen molar-refractivity contribution in [1.29, 1.82) is 0 Å². The van der Waals surface area contributed by atoms with Crippen LogP contribution in [0.5, 0.6) is 0 Å². The average Bonchev–Trinajstić information content (AvgIpc) is 2.27. The van der Waals surface area contributed by atoms with E-state index >= 15 is 0 Å². The Balaban J connectivity index is 2.15. The summed E-state index contributed by atoms with van der Waals surface area (Å²) in [6, 6.07) is 8.00. The predicted octanol–water partition coefficient (Wildman–Crippen LogP) is 1.65. The minimum absolute atomic E-state index is 0.129. The molecule has 8 heteroatoms. The second kappa shape index (κ2) is 5.41. The number of aromatic nitrogens is 2. The molecule has 1 aromatic heterocycles. The molecule has 0 aliphatic heterocycles. The van der Waals surface area contributed by atoms with Crippen molar-refractivity contribution < 1.29 is 8.42 Å². The lowest BCUT2D eigenvalue weighted by molar-refractivity contribution is 0.600. The maximum Gasteiger partial charge on any atom is 0.238 e. The number of nitrogen functional groups attached to an aromatic ring is 1. The van der Waals surface area contributed by atoms with Crippen molar-refractivity contribution in [1.82, 2.24) is 9.97 Å². The molecule has 3 N–H and O–H groups in total. The van der Waals surface area contributed by atoms with E-state index in [-0.39, 0.29) is 16.7 Å². The first-order chi connectivity index (χ1) is 8.94. The summed E-state index contributed by atoms with van der Waals surface area (Å²) in [5, 5.41) is 0.164.